The van der Waals surface area contributed by atoms with Crippen molar-refractivity contribution in [3.8, 4) is 0 Å². The molecule has 7 heteroatoms. The van der Waals surface area contributed by atoms with Crippen LogP contribution in [-0.4, -0.2) is 32.0 Å². The summed E-state index contributed by atoms with van der Waals surface area (Å²) in [7, 11) is 3.29. The van der Waals surface area contributed by atoms with Gasteiger partial charge in [-0.2, -0.15) is 0 Å². The minimum absolute atomic E-state index is 0.0311. The Labute approximate surface area is 92.8 Å². The Bertz CT molecular complexity index is 275. The maximum Gasteiger partial charge on any atom is 0.306 e. The molecule has 0 aromatic rings. The van der Waals surface area contributed by atoms with Gasteiger partial charge in [-0.1, -0.05) is 0 Å². The van der Waals surface area contributed by atoms with E-state index in [4.69, 9.17) is 9.26 Å². The highest BCUT2D eigenvalue weighted by atomic mass is 32.0. The van der Waals surface area contributed by atoms with Gasteiger partial charge in [0.25, 0.3) is 0 Å². The molecule has 2 rings (SSSR count). The minimum atomic E-state index is -0.171. The Balaban J connectivity index is 2.00. The fourth-order valence-corrected chi connectivity index (χ4v) is 3.68. The second-order valence-electron chi connectivity index (χ2n) is 3.85. The molecule has 0 N–H and O–H groups in total. The van der Waals surface area contributed by atoms with Gasteiger partial charge in [0, 0.05) is 26.8 Å². The maximum atomic E-state index is 11.1. The van der Waals surface area contributed by atoms with Gasteiger partial charge >= 0.3 is 5.97 Å². The quantitative estimate of drug-likeness (QED) is 0.309. The standard InChI is InChI=1S/C8H13BO4P2/c9-14-15-13-7-2-6-4(5(7)3-10)1-8(11)12-6/h3-7,14-15H,1-2,9H2/t4-,5-,6+,7-/m1/s1. The zero-order chi connectivity index (χ0) is 10.8. The van der Waals surface area contributed by atoms with Gasteiger partial charge in [0.1, 0.15) is 20.0 Å². The Hall–Kier alpha value is 0.0249. The Kier molecular flexibility index (Phi) is 3.76. The highest BCUT2D eigenvalue weighted by Gasteiger charge is 2.50. The van der Waals surface area contributed by atoms with Crippen molar-refractivity contribution < 1.29 is 18.8 Å². The molecular weight excluding hydrogens is 233 g/mol. The lowest BCUT2D eigenvalue weighted by Crippen LogP contribution is -2.22. The van der Waals surface area contributed by atoms with E-state index < -0.39 is 0 Å². The van der Waals surface area contributed by atoms with Crippen molar-refractivity contribution in [1.29, 1.82) is 0 Å². The molecule has 4 nitrogen and oxygen atoms in total. The van der Waals surface area contributed by atoms with Crippen LogP contribution in [-0.2, 0) is 18.8 Å². The van der Waals surface area contributed by atoms with Crippen LogP contribution in [0, 0.1) is 11.8 Å². The van der Waals surface area contributed by atoms with Gasteiger partial charge in [-0.05, 0) is 0 Å². The van der Waals surface area contributed by atoms with Crippen molar-refractivity contribution >= 4 is 36.5 Å². The van der Waals surface area contributed by atoms with Crippen LogP contribution in [0.1, 0.15) is 12.8 Å². The molecule has 2 fully saturated rings. The third kappa shape index (κ3) is 2.25. The van der Waals surface area contributed by atoms with Crippen molar-refractivity contribution in [1.82, 2.24) is 0 Å². The van der Waals surface area contributed by atoms with E-state index in [0.717, 1.165) is 14.4 Å². The number of fused-ring (bicyclic) bond motifs is 1. The first-order valence-corrected chi connectivity index (χ1v) is 8.39. The molecule has 0 aromatic heterocycles. The molecule has 0 bridgehead atoms. The summed E-state index contributed by atoms with van der Waals surface area (Å²) < 4.78 is 10.8. The number of carbonyl (C=O) groups excluding carboxylic acids is 2. The lowest BCUT2D eigenvalue weighted by molar-refractivity contribution is -0.141. The van der Waals surface area contributed by atoms with E-state index in [0.29, 0.717) is 21.3 Å². The van der Waals surface area contributed by atoms with Gasteiger partial charge < -0.3 is 14.1 Å². The first kappa shape index (κ1) is 11.5. The van der Waals surface area contributed by atoms with Crippen LogP contribution in [0.5, 0.6) is 0 Å². The SMILES string of the molecule is BPPO[C@@H]1C[C@@H]2OC(=O)C[C@@H]2[C@H]1C=O. The van der Waals surface area contributed by atoms with Gasteiger partial charge in [0.2, 0.25) is 0 Å². The predicted molar refractivity (Wildman–Crippen MR) is 62.2 cm³/mol. The third-order valence-corrected chi connectivity index (χ3v) is 4.61. The van der Waals surface area contributed by atoms with E-state index >= 15 is 0 Å². The van der Waals surface area contributed by atoms with E-state index in [-0.39, 0.29) is 30.0 Å². The number of hydrogen-bond acceptors (Lipinski definition) is 4. The van der Waals surface area contributed by atoms with E-state index in [1.807, 2.05) is 0 Å². The summed E-state index contributed by atoms with van der Waals surface area (Å²) in [5.41, 5.74) is 0. The van der Waals surface area contributed by atoms with E-state index in [9.17, 15) is 9.59 Å². The maximum absolute atomic E-state index is 11.1. The van der Waals surface area contributed by atoms with Gasteiger partial charge in [0.15, 0.2) is 0 Å². The summed E-state index contributed by atoms with van der Waals surface area (Å²) in [5.74, 6) is -0.259. The van der Waals surface area contributed by atoms with E-state index in [1.54, 1.807) is 0 Å². The van der Waals surface area contributed by atoms with Crippen molar-refractivity contribution in [2.45, 2.75) is 25.0 Å². The van der Waals surface area contributed by atoms with Crippen LogP contribution in [0.15, 0.2) is 0 Å². The summed E-state index contributed by atoms with van der Waals surface area (Å²) in [4.78, 5) is 22.1. The zero-order valence-corrected chi connectivity index (χ0v) is 10.4. The average molecular weight is 246 g/mol. The van der Waals surface area contributed by atoms with Crippen LogP contribution >= 0.6 is 16.6 Å². The highest BCUT2D eigenvalue weighted by molar-refractivity contribution is 8.21. The Morgan fingerprint density at radius 2 is 2.40 bits per heavy atom. The van der Waals surface area contributed by atoms with Crippen molar-refractivity contribution in [3.63, 3.8) is 0 Å². The smallest absolute Gasteiger partial charge is 0.306 e. The molecule has 82 valence electrons. The van der Waals surface area contributed by atoms with E-state index in [1.165, 1.54) is 0 Å². The van der Waals surface area contributed by atoms with Crippen LogP contribution < -0.4 is 0 Å². The largest absolute Gasteiger partial charge is 0.462 e. The molecule has 2 aliphatic rings. The fourth-order valence-electron chi connectivity index (χ4n) is 2.35. The topological polar surface area (TPSA) is 52.6 Å². The number of esters is 1. The second-order valence-corrected chi connectivity index (χ2v) is 6.91. The number of ether oxygens (including phenoxy) is 1. The summed E-state index contributed by atoms with van der Waals surface area (Å²) in [6, 6.07) is 0. The minimum Gasteiger partial charge on any atom is -0.462 e. The Morgan fingerprint density at radius 3 is 3.07 bits per heavy atom. The van der Waals surface area contributed by atoms with Crippen LogP contribution in [0.4, 0.5) is 0 Å². The molecule has 2 unspecified atom stereocenters. The van der Waals surface area contributed by atoms with Crippen molar-refractivity contribution in [2.75, 3.05) is 0 Å². The third-order valence-electron chi connectivity index (χ3n) is 3.02. The summed E-state index contributed by atoms with van der Waals surface area (Å²) in [6.07, 6.45) is 1.89. The number of hydrogen-bond donors (Lipinski definition) is 0. The molecule has 1 heterocycles. The van der Waals surface area contributed by atoms with E-state index in [2.05, 4.69) is 7.57 Å². The van der Waals surface area contributed by atoms with Crippen molar-refractivity contribution in [2.24, 2.45) is 11.8 Å². The normalized spacial score (nSPS) is 40.4. The summed E-state index contributed by atoms with van der Waals surface area (Å²) in [6.45, 7) is 0. The monoisotopic (exact) mass is 246 g/mol. The van der Waals surface area contributed by atoms with Crippen LogP contribution in [0.25, 0.3) is 0 Å². The van der Waals surface area contributed by atoms with Gasteiger partial charge in [-0.3, -0.25) is 4.79 Å². The van der Waals surface area contributed by atoms with Gasteiger partial charge in [0.05, 0.1) is 12.5 Å². The second kappa shape index (κ2) is 4.90. The number of carbonyl (C=O) groups is 2. The van der Waals surface area contributed by atoms with Crippen LogP contribution in [0.3, 0.4) is 0 Å². The first-order chi connectivity index (χ1) is 7.26. The lowest BCUT2D eigenvalue weighted by atomic mass is 9.94. The number of aldehydes is 1. The number of rotatable bonds is 4. The van der Waals surface area contributed by atoms with Crippen molar-refractivity contribution in [3.05, 3.63) is 0 Å². The Morgan fingerprint density at radius 1 is 1.60 bits per heavy atom. The molecule has 6 atom stereocenters. The molecule has 0 amide bonds. The van der Waals surface area contributed by atoms with Gasteiger partial charge in [-0.15, -0.1) is 8.15 Å². The summed E-state index contributed by atoms with van der Waals surface area (Å²) in [5, 5.41) is 0. The molecule has 1 saturated heterocycles. The average Bonchev–Trinajstić information content (AvgIpc) is 2.70. The molecule has 1 saturated carbocycles. The first-order valence-electron chi connectivity index (χ1n) is 4.98. The molecule has 15 heavy (non-hydrogen) atoms. The van der Waals surface area contributed by atoms with Crippen LogP contribution in [0.2, 0.25) is 0 Å². The van der Waals surface area contributed by atoms with Gasteiger partial charge in [-0.25, -0.2) is 0 Å². The zero-order valence-electron chi connectivity index (χ0n) is 8.43. The molecule has 0 radical (unpaired) electrons. The molecule has 0 spiro atoms. The fraction of sp³-hybridized carbons (Fsp3) is 0.750. The molecule has 1 aliphatic carbocycles. The highest BCUT2D eigenvalue weighted by Crippen LogP contribution is 2.46. The summed E-state index contributed by atoms with van der Waals surface area (Å²) >= 11 is 0. The predicted octanol–water partition coefficient (Wildman–Crippen LogP) is 0.257. The lowest BCUT2D eigenvalue weighted by Gasteiger charge is -2.16. The molecule has 1 aliphatic heterocycles. The molecular formula is C8H13BO4P2. The molecule has 0 aromatic carbocycles.